The van der Waals surface area contributed by atoms with Crippen molar-refractivity contribution in [1.29, 1.82) is 0 Å². The Morgan fingerprint density at radius 2 is 1.83 bits per heavy atom. The van der Waals surface area contributed by atoms with Gasteiger partial charge in [0, 0.05) is 20.1 Å². The van der Waals surface area contributed by atoms with Crippen LogP contribution in [0, 0.1) is 0 Å². The second-order valence-corrected chi connectivity index (χ2v) is 4.38. The van der Waals surface area contributed by atoms with Gasteiger partial charge < -0.3 is 14.6 Å². The van der Waals surface area contributed by atoms with E-state index in [0.717, 1.165) is 17.2 Å². The van der Waals surface area contributed by atoms with E-state index < -0.39 is 0 Å². The van der Waals surface area contributed by atoms with Gasteiger partial charge in [-0.2, -0.15) is 0 Å². The van der Waals surface area contributed by atoms with E-state index in [1.807, 2.05) is 37.3 Å². The summed E-state index contributed by atoms with van der Waals surface area (Å²) in [4.78, 5) is 0. The van der Waals surface area contributed by atoms with Gasteiger partial charge in [-0.25, -0.2) is 0 Å². The molecular formula is C15H18O3. The minimum absolute atomic E-state index is 0.0111. The summed E-state index contributed by atoms with van der Waals surface area (Å²) in [7, 11) is 1.67. The number of methoxy groups -OCH3 is 1. The van der Waals surface area contributed by atoms with Crippen molar-refractivity contribution in [3.05, 3.63) is 36.4 Å². The Morgan fingerprint density at radius 3 is 2.50 bits per heavy atom. The first-order valence-electron chi connectivity index (χ1n) is 6.08. The molecule has 1 atom stereocenters. The highest BCUT2D eigenvalue weighted by molar-refractivity contribution is 5.85. The van der Waals surface area contributed by atoms with Gasteiger partial charge in [0.05, 0.1) is 6.10 Å². The van der Waals surface area contributed by atoms with Crippen molar-refractivity contribution in [2.75, 3.05) is 13.7 Å². The molecule has 0 amide bonds. The molecule has 2 rings (SSSR count). The molecule has 1 N–H and O–H groups in total. The number of rotatable bonds is 5. The molecule has 0 aliphatic heterocycles. The Bertz CT molecular complexity index is 522. The summed E-state index contributed by atoms with van der Waals surface area (Å²) >= 11 is 0. The van der Waals surface area contributed by atoms with Crippen LogP contribution in [0.4, 0.5) is 0 Å². The average Bonchev–Trinajstić information content (AvgIpc) is 2.37. The van der Waals surface area contributed by atoms with Crippen LogP contribution in [0.1, 0.15) is 13.3 Å². The van der Waals surface area contributed by atoms with Crippen molar-refractivity contribution < 1.29 is 14.6 Å². The van der Waals surface area contributed by atoms with Crippen LogP contribution in [0.5, 0.6) is 11.5 Å². The molecular weight excluding hydrogens is 228 g/mol. The van der Waals surface area contributed by atoms with E-state index in [0.29, 0.717) is 12.4 Å². The Morgan fingerprint density at radius 1 is 1.17 bits per heavy atom. The normalized spacial score (nSPS) is 12.6. The minimum Gasteiger partial charge on any atom is -0.504 e. The molecule has 2 aromatic rings. The SMILES string of the molecule is COCCC(C)Oc1cc2ccccc2cc1O. The van der Waals surface area contributed by atoms with Gasteiger partial charge in [0.15, 0.2) is 11.5 Å². The number of fused-ring (bicyclic) bond motifs is 1. The van der Waals surface area contributed by atoms with Crippen molar-refractivity contribution in [3.63, 3.8) is 0 Å². The van der Waals surface area contributed by atoms with E-state index >= 15 is 0 Å². The largest absolute Gasteiger partial charge is 0.504 e. The Kier molecular flexibility index (Phi) is 4.05. The van der Waals surface area contributed by atoms with Crippen LogP contribution in [0.3, 0.4) is 0 Å². The van der Waals surface area contributed by atoms with Gasteiger partial charge in [-0.3, -0.25) is 0 Å². The monoisotopic (exact) mass is 246 g/mol. The zero-order chi connectivity index (χ0) is 13.0. The summed E-state index contributed by atoms with van der Waals surface area (Å²) < 4.78 is 10.7. The van der Waals surface area contributed by atoms with Crippen molar-refractivity contribution in [1.82, 2.24) is 0 Å². The second-order valence-electron chi connectivity index (χ2n) is 4.38. The summed E-state index contributed by atoms with van der Waals surface area (Å²) in [6, 6.07) is 11.5. The van der Waals surface area contributed by atoms with Crippen molar-refractivity contribution in [2.24, 2.45) is 0 Å². The summed E-state index contributed by atoms with van der Waals surface area (Å²) in [5.74, 6) is 0.704. The topological polar surface area (TPSA) is 38.7 Å². The molecule has 3 nitrogen and oxygen atoms in total. The summed E-state index contributed by atoms with van der Waals surface area (Å²) in [6.45, 7) is 2.61. The van der Waals surface area contributed by atoms with Crippen LogP contribution in [-0.2, 0) is 4.74 Å². The predicted octanol–water partition coefficient (Wildman–Crippen LogP) is 3.35. The molecule has 18 heavy (non-hydrogen) atoms. The fourth-order valence-electron chi connectivity index (χ4n) is 1.86. The maximum Gasteiger partial charge on any atom is 0.161 e. The fourth-order valence-corrected chi connectivity index (χ4v) is 1.86. The van der Waals surface area contributed by atoms with Gasteiger partial charge in [-0.15, -0.1) is 0 Å². The smallest absolute Gasteiger partial charge is 0.161 e. The fraction of sp³-hybridized carbons (Fsp3) is 0.333. The molecule has 0 spiro atoms. The molecule has 0 fully saturated rings. The van der Waals surface area contributed by atoms with Gasteiger partial charge in [0.1, 0.15) is 0 Å². The third kappa shape index (κ3) is 2.93. The lowest BCUT2D eigenvalue weighted by Gasteiger charge is -2.15. The van der Waals surface area contributed by atoms with Crippen LogP contribution < -0.4 is 4.74 Å². The molecule has 2 aromatic carbocycles. The second kappa shape index (κ2) is 5.74. The molecule has 0 bridgehead atoms. The number of hydrogen-bond acceptors (Lipinski definition) is 3. The molecule has 0 saturated carbocycles. The standard InChI is InChI=1S/C15H18O3/c1-11(7-8-17-2)18-15-10-13-6-4-3-5-12(13)9-14(15)16/h3-6,9-11,16H,7-8H2,1-2H3. The Balaban J connectivity index is 2.19. The van der Waals surface area contributed by atoms with Crippen LogP contribution in [-0.4, -0.2) is 24.9 Å². The molecule has 96 valence electrons. The van der Waals surface area contributed by atoms with Gasteiger partial charge in [-0.1, -0.05) is 24.3 Å². The first kappa shape index (κ1) is 12.7. The number of ether oxygens (including phenoxy) is 2. The quantitative estimate of drug-likeness (QED) is 0.879. The molecule has 0 aromatic heterocycles. The van der Waals surface area contributed by atoms with E-state index in [9.17, 15) is 5.11 Å². The minimum atomic E-state index is 0.0111. The highest BCUT2D eigenvalue weighted by atomic mass is 16.5. The van der Waals surface area contributed by atoms with Gasteiger partial charge in [0.2, 0.25) is 0 Å². The number of phenols is 1. The predicted molar refractivity (Wildman–Crippen MR) is 72.2 cm³/mol. The molecule has 1 unspecified atom stereocenters. The van der Waals surface area contributed by atoms with E-state index in [2.05, 4.69) is 0 Å². The molecule has 0 radical (unpaired) electrons. The summed E-state index contributed by atoms with van der Waals surface area (Å²) in [5, 5.41) is 12.0. The lowest BCUT2D eigenvalue weighted by Crippen LogP contribution is -2.14. The number of aromatic hydroxyl groups is 1. The van der Waals surface area contributed by atoms with Crippen molar-refractivity contribution in [3.8, 4) is 11.5 Å². The maximum atomic E-state index is 9.93. The number of hydrogen-bond donors (Lipinski definition) is 1. The van der Waals surface area contributed by atoms with Gasteiger partial charge in [0.25, 0.3) is 0 Å². The van der Waals surface area contributed by atoms with E-state index in [1.54, 1.807) is 13.2 Å². The molecule has 3 heteroatoms. The number of benzene rings is 2. The molecule has 0 saturated heterocycles. The molecule has 0 aliphatic carbocycles. The first-order valence-corrected chi connectivity index (χ1v) is 6.08. The van der Waals surface area contributed by atoms with Crippen molar-refractivity contribution in [2.45, 2.75) is 19.4 Å². The highest BCUT2D eigenvalue weighted by Gasteiger charge is 2.09. The lowest BCUT2D eigenvalue weighted by molar-refractivity contribution is 0.133. The third-order valence-electron chi connectivity index (χ3n) is 2.88. The summed E-state index contributed by atoms with van der Waals surface area (Å²) in [6.07, 6.45) is 0.806. The van der Waals surface area contributed by atoms with E-state index in [4.69, 9.17) is 9.47 Å². The Hall–Kier alpha value is -1.74. The van der Waals surface area contributed by atoms with E-state index in [1.165, 1.54) is 0 Å². The van der Waals surface area contributed by atoms with E-state index in [-0.39, 0.29) is 11.9 Å². The maximum absolute atomic E-state index is 9.93. The first-order chi connectivity index (χ1) is 8.70. The van der Waals surface area contributed by atoms with Crippen LogP contribution in [0.25, 0.3) is 10.8 Å². The number of phenolic OH excluding ortho intramolecular Hbond substituents is 1. The van der Waals surface area contributed by atoms with Crippen molar-refractivity contribution >= 4 is 10.8 Å². The molecule has 0 heterocycles. The zero-order valence-corrected chi connectivity index (χ0v) is 10.7. The van der Waals surface area contributed by atoms with Crippen LogP contribution in [0.15, 0.2) is 36.4 Å². The highest BCUT2D eigenvalue weighted by Crippen LogP contribution is 2.32. The third-order valence-corrected chi connectivity index (χ3v) is 2.88. The summed E-state index contributed by atoms with van der Waals surface area (Å²) in [5.41, 5.74) is 0. The van der Waals surface area contributed by atoms with Gasteiger partial charge in [-0.05, 0) is 29.8 Å². The van der Waals surface area contributed by atoms with Gasteiger partial charge >= 0.3 is 0 Å². The zero-order valence-electron chi connectivity index (χ0n) is 10.7. The lowest BCUT2D eigenvalue weighted by atomic mass is 10.1. The molecule has 0 aliphatic rings. The Labute approximate surface area is 107 Å². The average molecular weight is 246 g/mol. The van der Waals surface area contributed by atoms with Crippen LogP contribution >= 0.6 is 0 Å². The van der Waals surface area contributed by atoms with Crippen LogP contribution in [0.2, 0.25) is 0 Å².